The van der Waals surface area contributed by atoms with Gasteiger partial charge in [-0.2, -0.15) is 0 Å². The Morgan fingerprint density at radius 2 is 1.81 bits per heavy atom. The molecule has 1 aliphatic rings. The number of rotatable bonds is 2. The molecule has 0 fully saturated rings. The molecular weight excluding hydrogens is 266 g/mol. The number of ether oxygens (including phenoxy) is 1. The molecule has 1 atom stereocenters. The third-order valence-corrected chi connectivity index (χ3v) is 4.07. The molecule has 3 rings (SSSR count). The molecule has 0 bridgehead atoms. The van der Waals surface area contributed by atoms with Crippen molar-refractivity contribution in [2.45, 2.75) is 12.5 Å². The van der Waals surface area contributed by atoms with Gasteiger partial charge in [0, 0.05) is 24.6 Å². The third kappa shape index (κ3) is 2.43. The minimum Gasteiger partial charge on any atom is -0.508 e. The Labute approximate surface area is 124 Å². The Hall–Kier alpha value is -2.20. The van der Waals surface area contributed by atoms with Crippen LogP contribution in [0.4, 0.5) is 0 Å². The number of hydrogen-bond donors (Lipinski definition) is 2. The summed E-state index contributed by atoms with van der Waals surface area (Å²) in [5.74, 6) is 1.04. The van der Waals surface area contributed by atoms with E-state index in [4.69, 9.17) is 4.74 Å². The van der Waals surface area contributed by atoms with E-state index in [9.17, 15) is 10.2 Å². The van der Waals surface area contributed by atoms with Gasteiger partial charge in [-0.3, -0.25) is 0 Å². The van der Waals surface area contributed by atoms with Crippen LogP contribution in [0.2, 0.25) is 0 Å². The van der Waals surface area contributed by atoms with Gasteiger partial charge in [0.05, 0.1) is 7.11 Å². The van der Waals surface area contributed by atoms with Gasteiger partial charge in [-0.1, -0.05) is 18.2 Å². The van der Waals surface area contributed by atoms with Crippen molar-refractivity contribution in [3.05, 3.63) is 53.1 Å². The lowest BCUT2D eigenvalue weighted by atomic mass is 9.84. The van der Waals surface area contributed by atoms with E-state index in [1.54, 1.807) is 25.3 Å². The van der Waals surface area contributed by atoms with Crippen molar-refractivity contribution in [1.29, 1.82) is 0 Å². The highest BCUT2D eigenvalue weighted by Crippen LogP contribution is 2.43. The molecule has 0 spiro atoms. The zero-order valence-corrected chi connectivity index (χ0v) is 12.2. The Kier molecular flexibility index (Phi) is 3.47. The first kappa shape index (κ1) is 13.8. The normalized spacial score (nSPS) is 18.3. The molecule has 4 heteroatoms. The molecule has 0 radical (unpaired) electrons. The van der Waals surface area contributed by atoms with Crippen LogP contribution < -0.4 is 4.74 Å². The Morgan fingerprint density at radius 3 is 2.48 bits per heavy atom. The topological polar surface area (TPSA) is 52.9 Å². The highest BCUT2D eigenvalue weighted by molar-refractivity contribution is 5.55. The Balaban J connectivity index is 2.13. The van der Waals surface area contributed by atoms with Crippen LogP contribution in [0.25, 0.3) is 0 Å². The molecule has 0 amide bonds. The summed E-state index contributed by atoms with van der Waals surface area (Å²) in [5.41, 5.74) is 3.11. The number of benzene rings is 2. The quantitative estimate of drug-likeness (QED) is 0.890. The summed E-state index contributed by atoms with van der Waals surface area (Å²) in [6.45, 7) is 1.62. The fourth-order valence-electron chi connectivity index (χ4n) is 3.06. The van der Waals surface area contributed by atoms with E-state index in [0.717, 1.165) is 29.8 Å². The van der Waals surface area contributed by atoms with Crippen molar-refractivity contribution in [3.63, 3.8) is 0 Å². The third-order valence-electron chi connectivity index (χ3n) is 4.07. The minimum absolute atomic E-state index is 0.0643. The predicted octanol–water partition coefficient (Wildman–Crippen LogP) is 2.68. The second-order valence-corrected chi connectivity index (χ2v) is 5.53. The molecule has 110 valence electrons. The number of phenolic OH excluding ortho intramolecular Hbond substituents is 2. The number of methoxy groups -OCH3 is 1. The zero-order chi connectivity index (χ0) is 15.0. The van der Waals surface area contributed by atoms with Crippen LogP contribution in [0.3, 0.4) is 0 Å². The van der Waals surface area contributed by atoms with E-state index in [1.165, 1.54) is 0 Å². The van der Waals surface area contributed by atoms with Crippen LogP contribution in [-0.4, -0.2) is 35.8 Å². The van der Waals surface area contributed by atoms with Gasteiger partial charge in [0.1, 0.15) is 5.75 Å². The molecule has 2 N–H and O–H groups in total. The van der Waals surface area contributed by atoms with Crippen LogP contribution in [-0.2, 0) is 6.54 Å². The van der Waals surface area contributed by atoms with Crippen molar-refractivity contribution >= 4 is 0 Å². The first-order valence-corrected chi connectivity index (χ1v) is 6.96. The fraction of sp³-hybridized carbons (Fsp3) is 0.294. The highest BCUT2D eigenvalue weighted by Gasteiger charge is 2.29. The lowest BCUT2D eigenvalue weighted by molar-refractivity contribution is 0.286. The van der Waals surface area contributed by atoms with Crippen LogP contribution >= 0.6 is 0 Å². The van der Waals surface area contributed by atoms with Gasteiger partial charge in [0.15, 0.2) is 11.5 Å². The van der Waals surface area contributed by atoms with Crippen LogP contribution in [0.15, 0.2) is 36.4 Å². The Bertz CT molecular complexity index is 652. The summed E-state index contributed by atoms with van der Waals surface area (Å²) in [5, 5.41) is 20.0. The number of hydrogen-bond acceptors (Lipinski definition) is 4. The van der Waals surface area contributed by atoms with E-state index in [1.807, 2.05) is 18.2 Å². The standard InChI is InChI=1S/C17H19NO3/c1-18-9-12-5-8-15(21-2)17(20)16(12)14(10-18)11-3-6-13(19)7-4-11/h3-8,14,19-20H,9-10H2,1-2H3/t14-/m0/s1. The van der Waals surface area contributed by atoms with E-state index in [0.29, 0.717) is 5.75 Å². The van der Waals surface area contributed by atoms with Crippen molar-refractivity contribution < 1.29 is 14.9 Å². The van der Waals surface area contributed by atoms with Gasteiger partial charge in [0.25, 0.3) is 0 Å². The van der Waals surface area contributed by atoms with Crippen molar-refractivity contribution in [1.82, 2.24) is 4.90 Å². The van der Waals surface area contributed by atoms with E-state index < -0.39 is 0 Å². The molecule has 0 unspecified atom stereocenters. The van der Waals surface area contributed by atoms with Crippen LogP contribution in [0.1, 0.15) is 22.6 Å². The molecule has 2 aromatic carbocycles. The van der Waals surface area contributed by atoms with E-state index >= 15 is 0 Å². The largest absolute Gasteiger partial charge is 0.508 e. The second-order valence-electron chi connectivity index (χ2n) is 5.53. The predicted molar refractivity (Wildman–Crippen MR) is 80.9 cm³/mol. The molecule has 0 aromatic heterocycles. The minimum atomic E-state index is 0.0643. The highest BCUT2D eigenvalue weighted by atomic mass is 16.5. The van der Waals surface area contributed by atoms with Crippen LogP contribution in [0.5, 0.6) is 17.2 Å². The molecule has 21 heavy (non-hydrogen) atoms. The lowest BCUT2D eigenvalue weighted by Gasteiger charge is -2.33. The summed E-state index contributed by atoms with van der Waals surface area (Å²) in [7, 11) is 3.63. The van der Waals surface area contributed by atoms with Gasteiger partial charge in [-0.25, -0.2) is 0 Å². The zero-order valence-electron chi connectivity index (χ0n) is 12.2. The fourth-order valence-corrected chi connectivity index (χ4v) is 3.06. The van der Waals surface area contributed by atoms with E-state index in [2.05, 4.69) is 11.9 Å². The monoisotopic (exact) mass is 285 g/mol. The number of aromatic hydroxyl groups is 2. The maximum atomic E-state index is 10.5. The van der Waals surface area contributed by atoms with Gasteiger partial charge in [-0.15, -0.1) is 0 Å². The lowest BCUT2D eigenvalue weighted by Crippen LogP contribution is -2.31. The molecule has 4 nitrogen and oxygen atoms in total. The smallest absolute Gasteiger partial charge is 0.161 e. The summed E-state index contributed by atoms with van der Waals surface area (Å²) in [6, 6.07) is 11.0. The summed E-state index contributed by atoms with van der Waals surface area (Å²) >= 11 is 0. The molecule has 0 saturated heterocycles. The average Bonchev–Trinajstić information content (AvgIpc) is 2.47. The van der Waals surface area contributed by atoms with Gasteiger partial charge in [0.2, 0.25) is 0 Å². The number of nitrogens with zero attached hydrogens (tertiary/aromatic N) is 1. The maximum Gasteiger partial charge on any atom is 0.161 e. The van der Waals surface area contributed by atoms with Gasteiger partial charge < -0.3 is 19.8 Å². The molecule has 1 aliphatic heterocycles. The molecule has 1 heterocycles. The maximum absolute atomic E-state index is 10.5. The first-order chi connectivity index (χ1) is 10.1. The van der Waals surface area contributed by atoms with Crippen LogP contribution in [0, 0.1) is 0 Å². The average molecular weight is 285 g/mol. The van der Waals surface area contributed by atoms with E-state index in [-0.39, 0.29) is 17.4 Å². The second kappa shape index (κ2) is 5.30. The molecule has 0 aliphatic carbocycles. The number of fused-ring (bicyclic) bond motifs is 1. The Morgan fingerprint density at radius 1 is 1.10 bits per heavy atom. The summed E-state index contributed by atoms with van der Waals surface area (Å²) in [4.78, 5) is 2.23. The molecule has 2 aromatic rings. The molecule has 0 saturated carbocycles. The van der Waals surface area contributed by atoms with Crippen molar-refractivity contribution in [3.8, 4) is 17.2 Å². The molecular formula is C17H19NO3. The van der Waals surface area contributed by atoms with Crippen molar-refractivity contribution in [2.24, 2.45) is 0 Å². The van der Waals surface area contributed by atoms with Gasteiger partial charge >= 0.3 is 0 Å². The number of likely N-dealkylation sites (N-methyl/N-ethyl adjacent to an activating group) is 1. The van der Waals surface area contributed by atoms with Gasteiger partial charge in [-0.05, 0) is 36.4 Å². The van der Waals surface area contributed by atoms with Crippen molar-refractivity contribution in [2.75, 3.05) is 20.7 Å². The number of phenols is 2. The summed E-state index contributed by atoms with van der Waals surface area (Å²) < 4.78 is 5.24. The first-order valence-electron chi connectivity index (χ1n) is 6.96. The summed E-state index contributed by atoms with van der Waals surface area (Å²) in [6.07, 6.45) is 0. The SMILES string of the molecule is COc1ccc2c(c1O)[C@H](c1ccc(O)cc1)CN(C)C2.